The molecule has 0 saturated heterocycles. The van der Waals surface area contributed by atoms with Crippen molar-refractivity contribution in [1.29, 1.82) is 0 Å². The lowest BCUT2D eigenvalue weighted by Gasteiger charge is -2.10. The Labute approximate surface area is 143 Å². The normalized spacial score (nSPS) is 11.2. The van der Waals surface area contributed by atoms with Crippen LogP contribution in [0.25, 0.3) is 0 Å². The van der Waals surface area contributed by atoms with E-state index in [4.69, 9.17) is 4.74 Å². The maximum absolute atomic E-state index is 13.1. The molecule has 0 saturated carbocycles. The van der Waals surface area contributed by atoms with E-state index >= 15 is 0 Å². The lowest BCUT2D eigenvalue weighted by molar-refractivity contribution is -0.123. The number of aryl methyl sites for hydroxylation is 1. The van der Waals surface area contributed by atoms with Crippen LogP contribution in [-0.2, 0) is 21.2 Å². The first-order chi connectivity index (χ1) is 11.8. The molecule has 2 aromatic carbocycles. The number of ether oxygens (including phenoxy) is 1. The molecule has 0 aliphatic heterocycles. The van der Waals surface area contributed by atoms with Gasteiger partial charge in [0.15, 0.2) is 18.2 Å². The number of hydrazine groups is 1. The molecule has 0 aliphatic rings. The zero-order valence-corrected chi connectivity index (χ0v) is 14.1. The molecule has 0 bridgehead atoms. The summed E-state index contributed by atoms with van der Waals surface area (Å²) in [6.07, 6.45) is 0.868. The Hall–Kier alpha value is -2.52. The molecular weight excluding hydrogens is 354 g/mol. The molecular formula is C16H16F2N2O4S. The number of hydrogen-bond acceptors (Lipinski definition) is 4. The second-order valence-corrected chi connectivity index (χ2v) is 6.70. The first kappa shape index (κ1) is 18.8. The zero-order valence-electron chi connectivity index (χ0n) is 13.3. The van der Waals surface area contributed by atoms with Crippen LogP contribution in [0.15, 0.2) is 47.4 Å². The van der Waals surface area contributed by atoms with E-state index in [0.29, 0.717) is 17.9 Å². The molecule has 0 aliphatic carbocycles. The first-order valence-electron chi connectivity index (χ1n) is 7.29. The van der Waals surface area contributed by atoms with Crippen molar-refractivity contribution in [2.75, 3.05) is 6.61 Å². The fourth-order valence-electron chi connectivity index (χ4n) is 1.83. The number of amides is 1. The van der Waals surface area contributed by atoms with Crippen LogP contribution in [0.4, 0.5) is 8.78 Å². The van der Waals surface area contributed by atoms with Gasteiger partial charge in [-0.3, -0.25) is 10.2 Å². The Morgan fingerprint density at radius 1 is 1.08 bits per heavy atom. The number of benzene rings is 2. The van der Waals surface area contributed by atoms with Gasteiger partial charge in [0, 0.05) is 0 Å². The fraction of sp³-hybridized carbons (Fsp3) is 0.188. The maximum Gasteiger partial charge on any atom is 0.272 e. The van der Waals surface area contributed by atoms with E-state index in [0.717, 1.165) is 18.1 Å². The van der Waals surface area contributed by atoms with E-state index in [-0.39, 0.29) is 0 Å². The van der Waals surface area contributed by atoms with Crippen molar-refractivity contribution in [2.24, 2.45) is 0 Å². The smallest absolute Gasteiger partial charge is 0.272 e. The summed E-state index contributed by atoms with van der Waals surface area (Å²) in [5.41, 5.74) is 3.04. The number of nitrogens with one attached hydrogen (secondary N) is 2. The van der Waals surface area contributed by atoms with E-state index in [1.165, 1.54) is 0 Å². The zero-order chi connectivity index (χ0) is 18.4. The highest BCUT2D eigenvalue weighted by molar-refractivity contribution is 7.89. The van der Waals surface area contributed by atoms with Gasteiger partial charge in [0.2, 0.25) is 0 Å². The Bertz CT molecular complexity index is 855. The summed E-state index contributed by atoms with van der Waals surface area (Å²) in [6.45, 7) is 1.58. The van der Waals surface area contributed by atoms with Crippen LogP contribution >= 0.6 is 0 Å². The Balaban J connectivity index is 1.88. The van der Waals surface area contributed by atoms with Gasteiger partial charge in [-0.25, -0.2) is 17.2 Å². The van der Waals surface area contributed by atoms with Crippen LogP contribution in [0.5, 0.6) is 5.75 Å². The van der Waals surface area contributed by atoms with Crippen molar-refractivity contribution < 1.29 is 26.7 Å². The van der Waals surface area contributed by atoms with Gasteiger partial charge in [-0.15, -0.1) is 4.83 Å². The molecule has 25 heavy (non-hydrogen) atoms. The quantitative estimate of drug-likeness (QED) is 0.730. The third kappa shape index (κ3) is 5.23. The number of rotatable bonds is 7. The molecule has 0 aromatic heterocycles. The van der Waals surface area contributed by atoms with Crippen molar-refractivity contribution in [1.82, 2.24) is 10.3 Å². The van der Waals surface area contributed by atoms with E-state index in [9.17, 15) is 22.0 Å². The highest BCUT2D eigenvalue weighted by Gasteiger charge is 2.17. The summed E-state index contributed by atoms with van der Waals surface area (Å²) in [4.78, 5) is 12.9. The number of halogens is 2. The highest BCUT2D eigenvalue weighted by atomic mass is 32.2. The Kier molecular flexibility index (Phi) is 6.05. The molecule has 0 spiro atoms. The summed E-state index contributed by atoms with van der Waals surface area (Å²) in [5.74, 6) is -2.79. The molecule has 0 atom stereocenters. The van der Waals surface area contributed by atoms with Crippen molar-refractivity contribution in [2.45, 2.75) is 18.2 Å². The molecule has 2 N–H and O–H groups in total. The molecule has 2 rings (SSSR count). The summed E-state index contributed by atoms with van der Waals surface area (Å²) in [5, 5.41) is 0. The second kappa shape index (κ2) is 8.04. The predicted molar refractivity (Wildman–Crippen MR) is 86.1 cm³/mol. The van der Waals surface area contributed by atoms with E-state index in [1.807, 2.05) is 24.5 Å². The van der Waals surface area contributed by atoms with E-state index in [2.05, 4.69) is 0 Å². The van der Waals surface area contributed by atoms with E-state index < -0.39 is 39.1 Å². The van der Waals surface area contributed by atoms with Crippen molar-refractivity contribution in [3.8, 4) is 5.75 Å². The number of sulfonamides is 1. The largest absolute Gasteiger partial charge is 0.484 e. The van der Waals surface area contributed by atoms with Gasteiger partial charge in [0.05, 0.1) is 4.90 Å². The Morgan fingerprint density at radius 3 is 2.36 bits per heavy atom. The SMILES string of the molecule is CCc1ccc(OCC(=O)NNS(=O)(=O)c2ccc(F)c(F)c2)cc1. The molecule has 0 unspecified atom stereocenters. The van der Waals surface area contributed by atoms with Crippen LogP contribution in [0, 0.1) is 11.6 Å². The van der Waals surface area contributed by atoms with Crippen LogP contribution in [0.3, 0.4) is 0 Å². The highest BCUT2D eigenvalue weighted by Crippen LogP contribution is 2.13. The van der Waals surface area contributed by atoms with Crippen molar-refractivity contribution in [3.05, 3.63) is 59.7 Å². The van der Waals surface area contributed by atoms with Crippen LogP contribution in [0.1, 0.15) is 12.5 Å². The minimum absolute atomic E-state index is 0.425. The van der Waals surface area contributed by atoms with Crippen LogP contribution in [0.2, 0.25) is 0 Å². The summed E-state index contributed by atoms with van der Waals surface area (Å²) < 4.78 is 54.9. The van der Waals surface area contributed by atoms with Gasteiger partial charge in [0.25, 0.3) is 15.9 Å². The van der Waals surface area contributed by atoms with Gasteiger partial charge in [-0.2, -0.15) is 0 Å². The lowest BCUT2D eigenvalue weighted by Crippen LogP contribution is -2.43. The predicted octanol–water partition coefficient (Wildman–Crippen LogP) is 1.92. The monoisotopic (exact) mass is 370 g/mol. The standard InChI is InChI=1S/C16H16F2N2O4S/c1-2-11-3-5-12(6-4-11)24-10-16(21)19-20-25(22,23)13-7-8-14(17)15(18)9-13/h3-9,20H,2,10H2,1H3,(H,19,21). The summed E-state index contributed by atoms with van der Waals surface area (Å²) in [7, 11) is -4.23. The molecule has 0 heterocycles. The fourth-order valence-corrected chi connectivity index (χ4v) is 2.71. The summed E-state index contributed by atoms with van der Waals surface area (Å²) >= 11 is 0. The molecule has 134 valence electrons. The van der Waals surface area contributed by atoms with Gasteiger partial charge in [-0.05, 0) is 42.3 Å². The van der Waals surface area contributed by atoms with Crippen LogP contribution < -0.4 is 15.0 Å². The second-order valence-electron chi connectivity index (χ2n) is 5.02. The molecule has 9 heteroatoms. The van der Waals surface area contributed by atoms with Gasteiger partial charge in [0.1, 0.15) is 5.75 Å². The molecule has 2 aromatic rings. The molecule has 1 amide bonds. The van der Waals surface area contributed by atoms with Gasteiger partial charge >= 0.3 is 0 Å². The molecule has 0 fully saturated rings. The Morgan fingerprint density at radius 2 is 1.76 bits per heavy atom. The average Bonchev–Trinajstić information content (AvgIpc) is 2.61. The molecule has 6 nitrogen and oxygen atoms in total. The van der Waals surface area contributed by atoms with Crippen LogP contribution in [-0.4, -0.2) is 20.9 Å². The maximum atomic E-state index is 13.1. The average molecular weight is 370 g/mol. The van der Waals surface area contributed by atoms with Crippen molar-refractivity contribution in [3.63, 3.8) is 0 Å². The number of carbonyl (C=O) groups excluding carboxylic acids is 1. The third-order valence-corrected chi connectivity index (χ3v) is 4.47. The van der Waals surface area contributed by atoms with Gasteiger partial charge < -0.3 is 4.74 Å². The first-order valence-corrected chi connectivity index (χ1v) is 8.77. The minimum atomic E-state index is -4.23. The number of carbonyl (C=O) groups is 1. The van der Waals surface area contributed by atoms with Gasteiger partial charge in [-0.1, -0.05) is 19.1 Å². The number of hydrogen-bond donors (Lipinski definition) is 2. The third-order valence-electron chi connectivity index (χ3n) is 3.23. The lowest BCUT2D eigenvalue weighted by atomic mass is 10.2. The van der Waals surface area contributed by atoms with Crippen molar-refractivity contribution >= 4 is 15.9 Å². The molecule has 0 radical (unpaired) electrons. The minimum Gasteiger partial charge on any atom is -0.484 e. The topological polar surface area (TPSA) is 84.5 Å². The van der Waals surface area contributed by atoms with E-state index in [1.54, 1.807) is 17.0 Å². The summed E-state index contributed by atoms with van der Waals surface area (Å²) in [6, 6.07) is 9.14.